The number of anilines is 1. The molecule has 0 amide bonds. The summed E-state index contributed by atoms with van der Waals surface area (Å²) in [7, 11) is 0. The van der Waals surface area contributed by atoms with Gasteiger partial charge < -0.3 is 19.0 Å². The van der Waals surface area contributed by atoms with Gasteiger partial charge in [-0.3, -0.25) is 0 Å². The number of aryl methyl sites for hydroxylation is 1. The van der Waals surface area contributed by atoms with Crippen LogP contribution in [-0.2, 0) is 0 Å². The van der Waals surface area contributed by atoms with Gasteiger partial charge in [-0.25, -0.2) is 9.78 Å². The van der Waals surface area contributed by atoms with Crippen molar-refractivity contribution in [3.8, 4) is 11.3 Å². The smallest absolute Gasteiger partial charge is 0.347 e. The Labute approximate surface area is 161 Å². The number of rotatable bonds is 2. The van der Waals surface area contributed by atoms with Crippen molar-refractivity contribution in [1.82, 2.24) is 19.7 Å². The van der Waals surface area contributed by atoms with Crippen molar-refractivity contribution in [3.05, 3.63) is 58.7 Å². The van der Waals surface area contributed by atoms with Crippen LogP contribution < -0.4 is 15.8 Å². The van der Waals surface area contributed by atoms with Crippen LogP contribution in [0.2, 0.25) is 0 Å². The van der Waals surface area contributed by atoms with E-state index in [4.69, 9.17) is 4.42 Å². The predicted octanol–water partition coefficient (Wildman–Crippen LogP) is 2.61. The molecule has 5 heterocycles. The lowest BCUT2D eigenvalue weighted by atomic mass is 10.1. The average molecular weight is 375 g/mol. The van der Waals surface area contributed by atoms with Crippen LogP contribution in [0.3, 0.4) is 0 Å². The maximum absolute atomic E-state index is 12.6. The number of nitrogens with one attached hydrogen (secondary N) is 1. The molecule has 0 aromatic carbocycles. The van der Waals surface area contributed by atoms with Crippen LogP contribution in [0, 0.1) is 6.92 Å². The van der Waals surface area contributed by atoms with Crippen LogP contribution in [0.25, 0.3) is 28.0 Å². The number of fused-ring (bicyclic) bond motifs is 2. The molecule has 142 valence electrons. The number of aromatic nitrogens is 3. The summed E-state index contributed by atoms with van der Waals surface area (Å²) < 4.78 is 7.48. The van der Waals surface area contributed by atoms with Crippen LogP contribution in [0.15, 0.2) is 51.9 Å². The highest BCUT2D eigenvalue weighted by Gasteiger charge is 2.20. The largest absolute Gasteiger partial charge is 0.403 e. The second-order valence-corrected chi connectivity index (χ2v) is 7.35. The first-order chi connectivity index (χ1) is 13.6. The molecule has 1 atom stereocenters. The lowest BCUT2D eigenvalue weighted by Gasteiger charge is -2.34. The molecule has 28 heavy (non-hydrogen) atoms. The number of imidazole rings is 1. The fraction of sp³-hybridized carbons (Fsp3) is 0.286. The van der Waals surface area contributed by atoms with E-state index < -0.39 is 5.63 Å². The molecule has 7 nitrogen and oxygen atoms in total. The van der Waals surface area contributed by atoms with E-state index in [2.05, 4.69) is 27.1 Å². The van der Waals surface area contributed by atoms with E-state index in [1.165, 1.54) is 0 Å². The molecule has 0 radical (unpaired) electrons. The van der Waals surface area contributed by atoms with Crippen LogP contribution in [0.4, 0.5) is 5.82 Å². The lowest BCUT2D eigenvalue weighted by Crippen LogP contribution is -2.50. The van der Waals surface area contributed by atoms with Crippen LogP contribution in [-0.4, -0.2) is 40.0 Å². The minimum atomic E-state index is -0.425. The van der Waals surface area contributed by atoms with Crippen molar-refractivity contribution in [1.29, 1.82) is 0 Å². The minimum Gasteiger partial charge on any atom is -0.403 e. The molecule has 0 aliphatic carbocycles. The number of hydrogen-bond donors (Lipinski definition) is 1. The van der Waals surface area contributed by atoms with Gasteiger partial charge in [0.1, 0.15) is 11.5 Å². The zero-order chi connectivity index (χ0) is 19.3. The summed E-state index contributed by atoms with van der Waals surface area (Å²) in [5, 5.41) is 4.16. The first kappa shape index (κ1) is 16.9. The second kappa shape index (κ2) is 6.45. The van der Waals surface area contributed by atoms with Crippen LogP contribution >= 0.6 is 0 Å². The summed E-state index contributed by atoms with van der Waals surface area (Å²) in [6.45, 7) is 6.88. The number of pyridine rings is 2. The van der Waals surface area contributed by atoms with E-state index >= 15 is 0 Å². The Balaban J connectivity index is 1.58. The normalized spacial score (nSPS) is 17.5. The molecule has 1 aliphatic rings. The highest BCUT2D eigenvalue weighted by molar-refractivity contribution is 5.80. The molecule has 7 heteroatoms. The summed E-state index contributed by atoms with van der Waals surface area (Å²) in [6, 6.07) is 10.1. The Morgan fingerprint density at radius 1 is 1.21 bits per heavy atom. The number of nitrogens with zero attached hydrogens (tertiary/aromatic N) is 4. The van der Waals surface area contributed by atoms with Gasteiger partial charge in [0, 0.05) is 43.5 Å². The average Bonchev–Trinajstić information content (AvgIpc) is 3.10. The minimum absolute atomic E-state index is 0.339. The molecule has 0 saturated carbocycles. The molecule has 1 N–H and O–H groups in total. The molecular formula is C21H21N5O2. The van der Waals surface area contributed by atoms with E-state index in [9.17, 15) is 4.79 Å². The van der Waals surface area contributed by atoms with E-state index in [1.807, 2.05) is 54.0 Å². The molecule has 5 rings (SSSR count). The Morgan fingerprint density at radius 3 is 2.96 bits per heavy atom. The van der Waals surface area contributed by atoms with Gasteiger partial charge in [0.2, 0.25) is 5.71 Å². The summed E-state index contributed by atoms with van der Waals surface area (Å²) in [5.74, 6) is 0.834. The second-order valence-electron chi connectivity index (χ2n) is 7.35. The summed E-state index contributed by atoms with van der Waals surface area (Å²) in [5.41, 5.74) is 2.90. The highest BCUT2D eigenvalue weighted by Crippen LogP contribution is 2.24. The quantitative estimate of drug-likeness (QED) is 0.580. The van der Waals surface area contributed by atoms with Crippen LogP contribution in [0.1, 0.15) is 12.5 Å². The van der Waals surface area contributed by atoms with E-state index in [0.29, 0.717) is 23.0 Å². The SMILES string of the molecule is Cc1ccn2cc(-c3cc4ccc(N5CCNCC5C)nc4oc3=O)nc2c1. The molecule has 1 unspecified atom stereocenters. The fourth-order valence-electron chi connectivity index (χ4n) is 3.72. The lowest BCUT2D eigenvalue weighted by molar-refractivity contribution is 0.495. The van der Waals surface area contributed by atoms with Gasteiger partial charge in [-0.1, -0.05) is 0 Å². The van der Waals surface area contributed by atoms with Crippen LogP contribution in [0.5, 0.6) is 0 Å². The predicted molar refractivity (Wildman–Crippen MR) is 109 cm³/mol. The molecule has 4 aromatic heterocycles. The van der Waals surface area contributed by atoms with Gasteiger partial charge in [-0.2, -0.15) is 4.98 Å². The Kier molecular flexibility index (Phi) is 3.91. The Bertz CT molecular complexity index is 1240. The van der Waals surface area contributed by atoms with Gasteiger partial charge in [-0.05, 0) is 49.7 Å². The monoisotopic (exact) mass is 375 g/mol. The fourth-order valence-corrected chi connectivity index (χ4v) is 3.72. The van der Waals surface area contributed by atoms with E-state index in [0.717, 1.165) is 42.0 Å². The van der Waals surface area contributed by atoms with E-state index in [1.54, 1.807) is 0 Å². The van der Waals surface area contributed by atoms with Gasteiger partial charge in [0.05, 0.1) is 11.3 Å². The third-order valence-corrected chi connectivity index (χ3v) is 5.27. The van der Waals surface area contributed by atoms with Crippen molar-refractivity contribution in [3.63, 3.8) is 0 Å². The Hall–Kier alpha value is -3.19. The van der Waals surface area contributed by atoms with Crippen molar-refractivity contribution < 1.29 is 4.42 Å². The molecule has 0 spiro atoms. The maximum atomic E-state index is 12.6. The first-order valence-corrected chi connectivity index (χ1v) is 9.46. The van der Waals surface area contributed by atoms with Gasteiger partial charge in [0.25, 0.3) is 0 Å². The summed E-state index contributed by atoms with van der Waals surface area (Å²) in [6.07, 6.45) is 3.78. The third kappa shape index (κ3) is 2.84. The van der Waals surface area contributed by atoms with Crippen molar-refractivity contribution in [2.75, 3.05) is 24.5 Å². The van der Waals surface area contributed by atoms with E-state index in [-0.39, 0.29) is 0 Å². The zero-order valence-electron chi connectivity index (χ0n) is 15.8. The Morgan fingerprint density at radius 2 is 2.11 bits per heavy atom. The highest BCUT2D eigenvalue weighted by atomic mass is 16.4. The zero-order valence-corrected chi connectivity index (χ0v) is 15.8. The first-order valence-electron chi connectivity index (χ1n) is 9.46. The van der Waals surface area contributed by atoms with Crippen molar-refractivity contribution >= 4 is 22.6 Å². The van der Waals surface area contributed by atoms with Crippen molar-refractivity contribution in [2.45, 2.75) is 19.9 Å². The van der Waals surface area contributed by atoms with Gasteiger partial charge in [0.15, 0.2) is 0 Å². The molecule has 4 aromatic rings. The van der Waals surface area contributed by atoms with Gasteiger partial charge in [-0.15, -0.1) is 0 Å². The summed E-state index contributed by atoms with van der Waals surface area (Å²) in [4.78, 5) is 24.1. The molecular weight excluding hydrogens is 354 g/mol. The molecule has 1 fully saturated rings. The molecule has 0 bridgehead atoms. The summed E-state index contributed by atoms with van der Waals surface area (Å²) >= 11 is 0. The topological polar surface area (TPSA) is 75.7 Å². The third-order valence-electron chi connectivity index (χ3n) is 5.27. The number of hydrogen-bond acceptors (Lipinski definition) is 6. The maximum Gasteiger partial charge on any atom is 0.347 e. The van der Waals surface area contributed by atoms with Gasteiger partial charge >= 0.3 is 5.63 Å². The standard InChI is InChI=1S/C21H21N5O2/c1-13-5-7-25-12-17(23-19(25)9-13)16-10-15-3-4-18(24-20(15)28-21(16)27)26-8-6-22-11-14(26)2/h3-5,7,9-10,12,14,22H,6,8,11H2,1-2H3. The van der Waals surface area contributed by atoms with Crippen molar-refractivity contribution in [2.24, 2.45) is 0 Å². The molecule has 1 aliphatic heterocycles. The number of piperazine rings is 1. The molecule has 1 saturated heterocycles.